The second-order valence-electron chi connectivity index (χ2n) is 7.67. The molecule has 0 saturated carbocycles. The van der Waals surface area contributed by atoms with Crippen LogP contribution in [0.1, 0.15) is 10.4 Å². The van der Waals surface area contributed by atoms with Crippen LogP contribution in [0, 0.1) is 0 Å². The first kappa shape index (κ1) is 31.1. The van der Waals surface area contributed by atoms with E-state index < -0.39 is 60.3 Å². The molecular formula is C20H26N4O11S3. The second-order valence-corrected chi connectivity index (χ2v) is 12.5. The molecule has 210 valence electrons. The van der Waals surface area contributed by atoms with Crippen LogP contribution in [0.2, 0.25) is 0 Å². The molecule has 0 heterocycles. The zero-order valence-electron chi connectivity index (χ0n) is 20.2. The van der Waals surface area contributed by atoms with Crippen LogP contribution in [0.5, 0.6) is 5.75 Å². The highest BCUT2D eigenvalue weighted by Crippen LogP contribution is 2.32. The molecule has 0 aromatic heterocycles. The van der Waals surface area contributed by atoms with E-state index in [1.165, 1.54) is 49.4 Å². The minimum Gasteiger partial charge on any atom is -0.494 e. The molecule has 0 aliphatic heterocycles. The van der Waals surface area contributed by atoms with Gasteiger partial charge in [-0.2, -0.15) is 21.9 Å². The quantitative estimate of drug-likeness (QED) is 0.210. The number of amides is 1. The molecule has 2 rings (SSSR count). The van der Waals surface area contributed by atoms with Crippen molar-refractivity contribution in [2.75, 3.05) is 50.0 Å². The Morgan fingerprint density at radius 3 is 2.34 bits per heavy atom. The lowest BCUT2D eigenvalue weighted by atomic mass is 10.2. The molecule has 2 aromatic carbocycles. The third-order valence-corrected chi connectivity index (χ3v) is 7.28. The van der Waals surface area contributed by atoms with E-state index in [1.54, 1.807) is 12.1 Å². The third-order valence-electron chi connectivity index (χ3n) is 4.72. The first-order valence-electron chi connectivity index (χ1n) is 10.6. The van der Waals surface area contributed by atoms with Crippen molar-refractivity contribution in [2.24, 2.45) is 10.2 Å². The maximum absolute atomic E-state index is 12.7. The van der Waals surface area contributed by atoms with Gasteiger partial charge in [-0.15, -0.1) is 5.11 Å². The Balaban J connectivity index is 2.05. The van der Waals surface area contributed by atoms with E-state index in [2.05, 4.69) is 19.7 Å². The van der Waals surface area contributed by atoms with Gasteiger partial charge in [-0.3, -0.25) is 13.9 Å². The zero-order chi connectivity index (χ0) is 28.6. The number of sulfone groups is 1. The summed E-state index contributed by atoms with van der Waals surface area (Å²) in [5.74, 6) is -2.06. The highest BCUT2D eigenvalue weighted by molar-refractivity contribution is 7.91. The predicted molar refractivity (Wildman–Crippen MR) is 137 cm³/mol. The van der Waals surface area contributed by atoms with Gasteiger partial charge in [0.2, 0.25) is 0 Å². The molecule has 0 spiro atoms. The van der Waals surface area contributed by atoms with Gasteiger partial charge in [0.25, 0.3) is 16.0 Å². The number of rotatable bonds is 14. The number of carbonyl (C=O) groups excluding carboxylic acids is 1. The van der Waals surface area contributed by atoms with E-state index in [4.69, 9.17) is 13.8 Å². The number of anilines is 1. The zero-order valence-corrected chi connectivity index (χ0v) is 22.7. The summed E-state index contributed by atoms with van der Waals surface area (Å²) < 4.78 is 93.5. The number of benzene rings is 2. The topological polar surface area (TPSA) is 218 Å². The fourth-order valence-corrected chi connectivity index (χ4v) is 4.67. The summed E-state index contributed by atoms with van der Waals surface area (Å²) in [5, 5.41) is 10.7. The van der Waals surface area contributed by atoms with Crippen LogP contribution in [-0.4, -0.2) is 89.9 Å². The molecule has 3 N–H and O–H groups in total. The molecule has 0 aliphatic rings. The van der Waals surface area contributed by atoms with Gasteiger partial charge in [0.1, 0.15) is 17.3 Å². The van der Waals surface area contributed by atoms with E-state index in [-0.39, 0.29) is 17.9 Å². The Morgan fingerprint density at radius 2 is 1.71 bits per heavy atom. The van der Waals surface area contributed by atoms with E-state index in [0.29, 0.717) is 17.1 Å². The van der Waals surface area contributed by atoms with Crippen LogP contribution in [-0.2, 0) is 34.5 Å². The van der Waals surface area contributed by atoms with Crippen LogP contribution in [0.25, 0.3) is 0 Å². The van der Waals surface area contributed by atoms with E-state index in [0.717, 1.165) is 0 Å². The van der Waals surface area contributed by atoms with Crippen molar-refractivity contribution in [1.29, 1.82) is 0 Å². The predicted octanol–water partition coefficient (Wildman–Crippen LogP) is 1.67. The first-order valence-corrected chi connectivity index (χ1v) is 15.3. The number of carbonyl (C=O) groups is 1. The molecule has 18 heteroatoms. The summed E-state index contributed by atoms with van der Waals surface area (Å²) >= 11 is 0. The van der Waals surface area contributed by atoms with Gasteiger partial charge >= 0.3 is 10.4 Å². The standard InChI is InChI=1S/C20H26N4O11S3/c1-24(8-10-36(26,27)11-9-35-38(31,32)33)20(25)15-4-3-5-17(12-15)22-23-18-7-6-16(13-19(18)34-2)21-14-37(28,29)30/h3-7,12-13,21H,8-11,14H2,1-2H3,(H,28,29,30)(H,31,32,33). The van der Waals surface area contributed by atoms with Crippen molar-refractivity contribution in [3.8, 4) is 5.75 Å². The number of azo groups is 1. The number of nitrogens with zero attached hydrogens (tertiary/aromatic N) is 3. The second kappa shape index (κ2) is 13.1. The van der Waals surface area contributed by atoms with Crippen LogP contribution in [0.15, 0.2) is 52.7 Å². The monoisotopic (exact) mass is 594 g/mol. The molecule has 0 fully saturated rings. The molecular weight excluding hydrogens is 568 g/mol. The molecule has 0 unspecified atom stereocenters. The number of ether oxygens (including phenoxy) is 1. The molecule has 15 nitrogen and oxygen atoms in total. The van der Waals surface area contributed by atoms with Gasteiger partial charge in [-0.25, -0.2) is 12.6 Å². The Bertz CT molecular complexity index is 1490. The van der Waals surface area contributed by atoms with E-state index >= 15 is 0 Å². The van der Waals surface area contributed by atoms with Gasteiger partial charge < -0.3 is 15.0 Å². The largest absolute Gasteiger partial charge is 0.494 e. The third kappa shape index (κ3) is 11.1. The molecule has 0 saturated heterocycles. The smallest absolute Gasteiger partial charge is 0.397 e. The number of hydrogen-bond donors (Lipinski definition) is 3. The Hall–Kier alpha value is -3.16. The fourth-order valence-electron chi connectivity index (χ4n) is 2.82. The first-order chi connectivity index (χ1) is 17.6. The van der Waals surface area contributed by atoms with Crippen molar-refractivity contribution < 1.29 is 48.1 Å². The SMILES string of the molecule is COc1cc(NCS(=O)(=O)O)ccc1N=Nc1cccc(C(=O)N(C)CCS(=O)(=O)CCOS(=O)(=O)O)c1. The van der Waals surface area contributed by atoms with Crippen molar-refractivity contribution in [2.45, 2.75) is 0 Å². The minimum absolute atomic E-state index is 0.187. The van der Waals surface area contributed by atoms with Crippen molar-refractivity contribution in [1.82, 2.24) is 4.90 Å². The van der Waals surface area contributed by atoms with E-state index in [1.807, 2.05) is 0 Å². The summed E-state index contributed by atoms with van der Waals surface area (Å²) in [6.45, 7) is -0.936. The molecule has 2 aromatic rings. The van der Waals surface area contributed by atoms with Crippen molar-refractivity contribution >= 4 is 53.3 Å². The average Bonchev–Trinajstić information content (AvgIpc) is 2.83. The van der Waals surface area contributed by atoms with Gasteiger partial charge in [-0.1, -0.05) is 6.07 Å². The summed E-state index contributed by atoms with van der Waals surface area (Å²) in [6, 6.07) is 10.5. The summed E-state index contributed by atoms with van der Waals surface area (Å²) in [6.07, 6.45) is 0. The maximum atomic E-state index is 12.7. The molecule has 1 amide bonds. The van der Waals surface area contributed by atoms with Gasteiger partial charge in [0.05, 0.1) is 30.9 Å². The van der Waals surface area contributed by atoms with E-state index in [9.17, 15) is 30.0 Å². The Kier molecular flexibility index (Phi) is 10.7. The lowest BCUT2D eigenvalue weighted by Crippen LogP contribution is -2.32. The molecule has 0 aliphatic carbocycles. The van der Waals surface area contributed by atoms with Crippen LogP contribution in [0.4, 0.5) is 17.1 Å². The lowest BCUT2D eigenvalue weighted by Gasteiger charge is -2.17. The summed E-state index contributed by atoms with van der Waals surface area (Å²) in [7, 11) is -9.98. The molecule has 0 bridgehead atoms. The average molecular weight is 595 g/mol. The van der Waals surface area contributed by atoms with Crippen molar-refractivity contribution in [3.63, 3.8) is 0 Å². The number of methoxy groups -OCH3 is 1. The summed E-state index contributed by atoms with van der Waals surface area (Å²) in [5.41, 5.74) is 1.15. The highest BCUT2D eigenvalue weighted by Gasteiger charge is 2.18. The number of hydrogen-bond acceptors (Lipinski definition) is 12. The lowest BCUT2D eigenvalue weighted by molar-refractivity contribution is 0.0803. The highest BCUT2D eigenvalue weighted by atomic mass is 32.3. The Morgan fingerprint density at radius 1 is 1.00 bits per heavy atom. The normalized spacial score (nSPS) is 12.4. The maximum Gasteiger partial charge on any atom is 0.397 e. The van der Waals surface area contributed by atoms with Crippen LogP contribution < -0.4 is 10.1 Å². The Labute approximate surface area is 220 Å². The van der Waals surface area contributed by atoms with Gasteiger partial charge in [0.15, 0.2) is 9.84 Å². The van der Waals surface area contributed by atoms with Gasteiger partial charge in [-0.05, 0) is 30.3 Å². The molecule has 38 heavy (non-hydrogen) atoms. The number of nitrogens with one attached hydrogen (secondary N) is 1. The van der Waals surface area contributed by atoms with Crippen LogP contribution >= 0.6 is 0 Å². The molecule has 0 atom stereocenters. The minimum atomic E-state index is -4.75. The summed E-state index contributed by atoms with van der Waals surface area (Å²) in [4.78, 5) is 13.9. The van der Waals surface area contributed by atoms with Gasteiger partial charge in [0, 0.05) is 30.9 Å². The van der Waals surface area contributed by atoms with Crippen LogP contribution in [0.3, 0.4) is 0 Å². The van der Waals surface area contributed by atoms with Crippen molar-refractivity contribution in [3.05, 3.63) is 48.0 Å². The molecule has 0 radical (unpaired) electrons. The fraction of sp³-hybridized carbons (Fsp3) is 0.350.